The second-order valence-electron chi connectivity index (χ2n) is 7.42. The van der Waals surface area contributed by atoms with Crippen molar-refractivity contribution < 1.29 is 30.7 Å². The zero-order valence-electron chi connectivity index (χ0n) is 16.5. The predicted octanol–water partition coefficient (Wildman–Crippen LogP) is 8.30. The zero-order valence-corrected chi connectivity index (χ0v) is 16.5. The van der Waals surface area contributed by atoms with Gasteiger partial charge in [-0.25, -0.2) is 30.7 Å². The lowest BCUT2D eigenvalue weighted by Crippen LogP contribution is -2.03. The molecule has 0 aliphatic rings. The second-order valence-corrected chi connectivity index (χ2v) is 7.42. The highest BCUT2D eigenvalue weighted by molar-refractivity contribution is 6.21. The van der Waals surface area contributed by atoms with Crippen LogP contribution in [0.1, 0.15) is 0 Å². The van der Waals surface area contributed by atoms with E-state index in [4.69, 9.17) is 0 Å². The van der Waals surface area contributed by atoms with Crippen molar-refractivity contribution >= 4 is 21.5 Å². The van der Waals surface area contributed by atoms with E-state index in [1.54, 1.807) is 36.4 Å². The fourth-order valence-electron chi connectivity index (χ4n) is 4.19. The quantitative estimate of drug-likeness (QED) is 0.108. The summed E-state index contributed by atoms with van der Waals surface area (Å²) in [6.45, 7) is 0. The van der Waals surface area contributed by atoms with E-state index in [9.17, 15) is 22.0 Å². The maximum Gasteiger partial charge on any atom is 0.198 e. The molecule has 0 nitrogen and oxygen atoms in total. The molecule has 0 saturated carbocycles. The van der Waals surface area contributed by atoms with Crippen LogP contribution in [0.25, 0.3) is 43.8 Å². The molecule has 0 spiro atoms. The summed E-state index contributed by atoms with van der Waals surface area (Å²) >= 11 is 0. The molecule has 5 aromatic carbocycles. The molecule has 0 aliphatic carbocycles. The Hall–Kier alpha value is -3.87. The first-order chi connectivity index (χ1) is 15.8. The van der Waals surface area contributed by atoms with Crippen LogP contribution in [0, 0.1) is 40.7 Å². The van der Waals surface area contributed by atoms with E-state index in [-0.39, 0.29) is 22.1 Å². The molecule has 7 heteroatoms. The maximum absolute atomic E-state index is 15.2. The molecule has 0 amide bonds. The van der Waals surface area contributed by atoms with E-state index < -0.39 is 51.5 Å². The van der Waals surface area contributed by atoms with E-state index in [1.165, 1.54) is 18.2 Å². The van der Waals surface area contributed by atoms with Gasteiger partial charge in [-0.05, 0) is 34.0 Å². The van der Waals surface area contributed by atoms with Crippen molar-refractivity contribution in [1.82, 2.24) is 0 Å². The largest absolute Gasteiger partial charge is 0.204 e. The molecular weight excluding hydrogens is 445 g/mol. The van der Waals surface area contributed by atoms with Gasteiger partial charge in [-0.3, -0.25) is 0 Å². The van der Waals surface area contributed by atoms with Gasteiger partial charge < -0.3 is 0 Å². The summed E-state index contributed by atoms with van der Waals surface area (Å²) in [5.41, 5.74) is -0.209. The highest BCUT2D eigenvalue weighted by Crippen LogP contribution is 2.46. The van der Waals surface area contributed by atoms with Gasteiger partial charge >= 0.3 is 0 Å². The Morgan fingerprint density at radius 3 is 1.30 bits per heavy atom. The SMILES string of the molecule is Fc1cc(-c2c3ccccc3c(-c3ccccc3)c3c(F)c(F)c(F)c(F)c23)cc(F)c1F. The van der Waals surface area contributed by atoms with Crippen molar-refractivity contribution in [3.8, 4) is 22.3 Å². The van der Waals surface area contributed by atoms with Crippen molar-refractivity contribution in [3.05, 3.63) is 107 Å². The third-order valence-electron chi connectivity index (χ3n) is 5.57. The van der Waals surface area contributed by atoms with Crippen LogP contribution in [0.15, 0.2) is 66.7 Å². The Balaban J connectivity index is 2.12. The van der Waals surface area contributed by atoms with Crippen LogP contribution in [0.4, 0.5) is 30.7 Å². The molecule has 0 bridgehead atoms. The Bertz CT molecular complexity index is 1550. The van der Waals surface area contributed by atoms with Crippen LogP contribution in [0.3, 0.4) is 0 Å². The molecule has 5 aromatic rings. The summed E-state index contributed by atoms with van der Waals surface area (Å²) in [5.74, 6) is -12.4. The van der Waals surface area contributed by atoms with E-state index >= 15 is 8.78 Å². The zero-order chi connectivity index (χ0) is 23.4. The molecule has 5 rings (SSSR count). The summed E-state index contributed by atoms with van der Waals surface area (Å²) < 4.78 is 101. The average Bonchev–Trinajstić information content (AvgIpc) is 2.83. The third-order valence-corrected chi connectivity index (χ3v) is 5.57. The summed E-state index contributed by atoms with van der Waals surface area (Å²) in [4.78, 5) is 0. The van der Waals surface area contributed by atoms with Gasteiger partial charge in [0.15, 0.2) is 40.7 Å². The molecular formula is C26H11F7. The maximum atomic E-state index is 15.2. The summed E-state index contributed by atoms with van der Waals surface area (Å²) in [5, 5.41) is -0.843. The van der Waals surface area contributed by atoms with Crippen molar-refractivity contribution in [3.63, 3.8) is 0 Å². The van der Waals surface area contributed by atoms with Gasteiger partial charge in [-0.1, -0.05) is 54.6 Å². The summed E-state index contributed by atoms with van der Waals surface area (Å²) in [6.07, 6.45) is 0. The molecule has 0 radical (unpaired) electrons. The number of fused-ring (bicyclic) bond motifs is 2. The molecule has 0 aromatic heterocycles. The molecule has 0 atom stereocenters. The summed E-state index contributed by atoms with van der Waals surface area (Å²) in [7, 11) is 0. The first kappa shape index (κ1) is 21.0. The number of halogens is 7. The first-order valence-electron chi connectivity index (χ1n) is 9.72. The molecule has 0 aliphatic heterocycles. The van der Waals surface area contributed by atoms with E-state index in [1.807, 2.05) is 0 Å². The third kappa shape index (κ3) is 3.07. The second kappa shape index (κ2) is 7.62. The van der Waals surface area contributed by atoms with Crippen LogP contribution < -0.4 is 0 Å². The van der Waals surface area contributed by atoms with Crippen LogP contribution in [-0.2, 0) is 0 Å². The van der Waals surface area contributed by atoms with Crippen molar-refractivity contribution in [1.29, 1.82) is 0 Å². The lowest BCUT2D eigenvalue weighted by atomic mass is 9.85. The molecule has 0 saturated heterocycles. The van der Waals surface area contributed by atoms with Gasteiger partial charge in [0.05, 0.1) is 0 Å². The lowest BCUT2D eigenvalue weighted by molar-refractivity contribution is 0.418. The van der Waals surface area contributed by atoms with Crippen LogP contribution >= 0.6 is 0 Å². The number of rotatable bonds is 2. The number of hydrogen-bond donors (Lipinski definition) is 0. The van der Waals surface area contributed by atoms with Crippen molar-refractivity contribution in [2.45, 2.75) is 0 Å². The van der Waals surface area contributed by atoms with Crippen molar-refractivity contribution in [2.24, 2.45) is 0 Å². The topological polar surface area (TPSA) is 0 Å². The van der Waals surface area contributed by atoms with Gasteiger partial charge in [-0.2, -0.15) is 0 Å². The van der Waals surface area contributed by atoms with Gasteiger partial charge in [-0.15, -0.1) is 0 Å². The van der Waals surface area contributed by atoms with Crippen molar-refractivity contribution in [2.75, 3.05) is 0 Å². The highest BCUT2D eigenvalue weighted by Gasteiger charge is 2.28. The molecule has 0 fully saturated rings. The van der Waals surface area contributed by atoms with E-state index in [0.29, 0.717) is 23.1 Å². The van der Waals surface area contributed by atoms with Gasteiger partial charge in [0, 0.05) is 21.9 Å². The molecule has 33 heavy (non-hydrogen) atoms. The fourth-order valence-corrected chi connectivity index (χ4v) is 4.19. The first-order valence-corrected chi connectivity index (χ1v) is 9.72. The lowest BCUT2D eigenvalue weighted by Gasteiger charge is -2.19. The number of hydrogen-bond acceptors (Lipinski definition) is 0. The highest BCUT2D eigenvalue weighted by atomic mass is 19.2. The van der Waals surface area contributed by atoms with Crippen LogP contribution in [0.2, 0.25) is 0 Å². The molecule has 0 N–H and O–H groups in total. The Morgan fingerprint density at radius 1 is 0.394 bits per heavy atom. The minimum absolute atomic E-state index is 0.0725. The Morgan fingerprint density at radius 2 is 0.818 bits per heavy atom. The average molecular weight is 456 g/mol. The van der Waals surface area contributed by atoms with Gasteiger partial charge in [0.2, 0.25) is 0 Å². The minimum Gasteiger partial charge on any atom is -0.204 e. The summed E-state index contributed by atoms with van der Waals surface area (Å²) in [6, 6.07) is 15.4. The standard InChI is InChI=1S/C26H11F7/c27-16-10-13(11-17(28)22(16)29)19-15-9-5-4-8-14(15)18(12-6-2-1-3-7-12)20-21(19)24(31)26(33)25(32)23(20)30/h1-11H. The Kier molecular flexibility index (Phi) is 4.85. The predicted molar refractivity (Wildman–Crippen MR) is 112 cm³/mol. The van der Waals surface area contributed by atoms with Crippen LogP contribution in [-0.4, -0.2) is 0 Å². The fraction of sp³-hybridized carbons (Fsp3) is 0. The van der Waals surface area contributed by atoms with Crippen LogP contribution in [0.5, 0.6) is 0 Å². The Labute approximate surface area is 182 Å². The smallest absolute Gasteiger partial charge is 0.198 e. The van der Waals surface area contributed by atoms with E-state index in [0.717, 1.165) is 0 Å². The van der Waals surface area contributed by atoms with Gasteiger partial charge in [0.1, 0.15) is 0 Å². The molecule has 0 heterocycles. The normalized spacial score (nSPS) is 11.5. The minimum atomic E-state index is -2.07. The monoisotopic (exact) mass is 456 g/mol. The van der Waals surface area contributed by atoms with E-state index in [2.05, 4.69) is 0 Å². The molecule has 164 valence electrons. The molecule has 0 unspecified atom stereocenters. The number of benzene rings is 5. The van der Waals surface area contributed by atoms with Gasteiger partial charge in [0.25, 0.3) is 0 Å².